The van der Waals surface area contributed by atoms with Crippen LogP contribution in [0, 0.1) is 0 Å². The minimum absolute atomic E-state index is 0. The number of rotatable bonds is 5. The van der Waals surface area contributed by atoms with Crippen molar-refractivity contribution in [3.63, 3.8) is 0 Å². The second-order valence-electron chi connectivity index (χ2n) is 7.19. The van der Waals surface area contributed by atoms with Gasteiger partial charge in [0.25, 0.3) is 5.91 Å². The molecule has 2 heterocycles. The van der Waals surface area contributed by atoms with Crippen LogP contribution in [-0.4, -0.2) is 50.4 Å². The van der Waals surface area contributed by atoms with E-state index >= 15 is 0 Å². The highest BCUT2D eigenvalue weighted by Gasteiger charge is 2.28. The Balaban J connectivity index is 0.00000256. The van der Waals surface area contributed by atoms with Gasteiger partial charge < -0.3 is 16.8 Å². The number of nitrogens with one attached hydrogen (secondary N) is 1. The first-order valence-electron chi connectivity index (χ1n) is 9.53. The van der Waals surface area contributed by atoms with Gasteiger partial charge in [-0.05, 0) is 38.0 Å². The molecule has 1 saturated carbocycles. The average molecular weight is 450 g/mol. The molecule has 0 bridgehead atoms. The van der Waals surface area contributed by atoms with E-state index in [2.05, 4.69) is 20.4 Å². The number of halogens is 1. The number of hydrogen-bond acceptors (Lipinski definition) is 7. The quantitative estimate of drug-likeness (QED) is 0.398. The molecule has 1 fully saturated rings. The van der Waals surface area contributed by atoms with E-state index in [0.29, 0.717) is 10.5 Å². The van der Waals surface area contributed by atoms with Crippen LogP contribution in [0.15, 0.2) is 23.5 Å². The van der Waals surface area contributed by atoms with Gasteiger partial charge in [0.2, 0.25) is 5.91 Å². The number of thioether (sulfide) groups is 1. The first-order valence-corrected chi connectivity index (χ1v) is 10.8. The molecule has 4 rings (SSSR count). The van der Waals surface area contributed by atoms with Crippen LogP contribution in [0.2, 0.25) is 0 Å². The standard InChI is InChI=1S/C19H23N7O2S.ClH/c1-29-19-22-9-10-2-7-13-16(18(21)28)25-26(17(13)15(10)24-19)12-5-3-11(4-6-12)23-14(27)8-20;/h2,7,9,11-12H,3-6,8,20H2,1H3,(H2,21,28)(H,23,27);1H. The van der Waals surface area contributed by atoms with Crippen molar-refractivity contribution in [1.82, 2.24) is 25.1 Å². The van der Waals surface area contributed by atoms with E-state index in [1.54, 1.807) is 6.20 Å². The van der Waals surface area contributed by atoms with Crippen molar-refractivity contribution >= 4 is 57.8 Å². The van der Waals surface area contributed by atoms with Crippen LogP contribution >= 0.6 is 24.2 Å². The van der Waals surface area contributed by atoms with Crippen LogP contribution in [0.25, 0.3) is 21.8 Å². The largest absolute Gasteiger partial charge is 0.364 e. The van der Waals surface area contributed by atoms with Gasteiger partial charge in [0.05, 0.1) is 18.1 Å². The zero-order valence-corrected chi connectivity index (χ0v) is 18.1. The molecule has 1 aliphatic carbocycles. The summed E-state index contributed by atoms with van der Waals surface area (Å²) in [5.41, 5.74) is 12.8. The van der Waals surface area contributed by atoms with Crippen LogP contribution in [0.5, 0.6) is 0 Å². The van der Waals surface area contributed by atoms with Gasteiger partial charge in [-0.2, -0.15) is 5.10 Å². The van der Waals surface area contributed by atoms with Gasteiger partial charge >= 0.3 is 0 Å². The second kappa shape index (κ2) is 9.15. The Bertz CT molecular complexity index is 1100. The van der Waals surface area contributed by atoms with Crippen molar-refractivity contribution in [2.45, 2.75) is 42.9 Å². The predicted molar refractivity (Wildman–Crippen MR) is 119 cm³/mol. The minimum atomic E-state index is -0.559. The van der Waals surface area contributed by atoms with E-state index in [4.69, 9.17) is 11.5 Å². The monoisotopic (exact) mass is 449 g/mol. The zero-order valence-electron chi connectivity index (χ0n) is 16.5. The lowest BCUT2D eigenvalue weighted by molar-refractivity contribution is -0.120. The number of fused-ring (bicyclic) bond motifs is 3. The molecular formula is C19H24ClN7O2S. The van der Waals surface area contributed by atoms with Crippen LogP contribution in [0.4, 0.5) is 0 Å². The summed E-state index contributed by atoms with van der Waals surface area (Å²) < 4.78 is 1.90. The highest BCUT2D eigenvalue weighted by molar-refractivity contribution is 7.98. The summed E-state index contributed by atoms with van der Waals surface area (Å²) in [5.74, 6) is -0.697. The SMILES string of the molecule is CSc1ncc2ccc3c(C(N)=O)nn(C4CCC(NC(=O)CN)CC4)c3c2n1.Cl. The summed E-state index contributed by atoms with van der Waals surface area (Å²) in [6.07, 6.45) is 6.99. The second-order valence-corrected chi connectivity index (χ2v) is 7.96. The number of benzene rings is 1. The van der Waals surface area contributed by atoms with Gasteiger partial charge in [-0.15, -0.1) is 12.4 Å². The van der Waals surface area contributed by atoms with Gasteiger partial charge in [0.1, 0.15) is 5.52 Å². The van der Waals surface area contributed by atoms with Crippen molar-refractivity contribution in [2.24, 2.45) is 11.5 Å². The molecule has 1 aliphatic rings. The zero-order chi connectivity index (χ0) is 20.5. The fourth-order valence-corrected chi connectivity index (χ4v) is 4.34. The number of aromatic nitrogens is 4. The Kier molecular flexibility index (Phi) is 6.79. The van der Waals surface area contributed by atoms with E-state index in [9.17, 15) is 9.59 Å². The summed E-state index contributed by atoms with van der Waals surface area (Å²) in [5, 5.41) is 9.79. The highest BCUT2D eigenvalue weighted by atomic mass is 35.5. The fourth-order valence-electron chi connectivity index (χ4n) is 4.00. The van der Waals surface area contributed by atoms with Crippen molar-refractivity contribution in [1.29, 1.82) is 0 Å². The first-order chi connectivity index (χ1) is 14.0. The molecule has 30 heavy (non-hydrogen) atoms. The summed E-state index contributed by atoms with van der Waals surface area (Å²) >= 11 is 1.46. The number of carbonyl (C=O) groups is 2. The lowest BCUT2D eigenvalue weighted by atomic mass is 9.91. The third-order valence-electron chi connectivity index (χ3n) is 5.40. The third-order valence-corrected chi connectivity index (χ3v) is 5.97. The van der Waals surface area contributed by atoms with Crippen LogP contribution < -0.4 is 16.8 Å². The lowest BCUT2D eigenvalue weighted by Gasteiger charge is -2.29. The molecule has 0 saturated heterocycles. The molecule has 1 aromatic carbocycles. The number of amides is 2. The molecule has 11 heteroatoms. The van der Waals surface area contributed by atoms with Crippen molar-refractivity contribution in [3.8, 4) is 0 Å². The number of hydrogen-bond donors (Lipinski definition) is 3. The predicted octanol–water partition coefficient (Wildman–Crippen LogP) is 1.78. The van der Waals surface area contributed by atoms with E-state index < -0.39 is 5.91 Å². The maximum absolute atomic E-state index is 12.0. The smallest absolute Gasteiger partial charge is 0.269 e. The van der Waals surface area contributed by atoms with Crippen LogP contribution in [0.1, 0.15) is 42.2 Å². The minimum Gasteiger partial charge on any atom is -0.364 e. The fraction of sp³-hybridized carbons (Fsp3) is 0.421. The molecule has 5 N–H and O–H groups in total. The Morgan fingerprint density at radius 3 is 2.63 bits per heavy atom. The molecule has 0 unspecified atom stereocenters. The summed E-state index contributed by atoms with van der Waals surface area (Å²) in [6.45, 7) is -0.00480. The van der Waals surface area contributed by atoms with E-state index in [1.165, 1.54) is 11.8 Å². The molecule has 0 spiro atoms. The molecular weight excluding hydrogens is 426 g/mol. The number of nitrogens with two attached hydrogens (primary N) is 2. The normalized spacial score (nSPS) is 18.9. The topological polar surface area (TPSA) is 142 Å². The lowest BCUT2D eigenvalue weighted by Crippen LogP contribution is -2.41. The van der Waals surface area contributed by atoms with E-state index in [-0.39, 0.29) is 42.6 Å². The summed E-state index contributed by atoms with van der Waals surface area (Å²) in [6, 6.07) is 3.95. The molecule has 2 amide bonds. The van der Waals surface area contributed by atoms with E-state index in [1.807, 2.05) is 23.1 Å². The van der Waals surface area contributed by atoms with E-state index in [0.717, 1.165) is 42.1 Å². The van der Waals surface area contributed by atoms with Gasteiger partial charge in [0.15, 0.2) is 10.9 Å². The van der Waals surface area contributed by atoms with Crippen molar-refractivity contribution < 1.29 is 9.59 Å². The third kappa shape index (κ3) is 4.07. The Morgan fingerprint density at radius 2 is 2.00 bits per heavy atom. The van der Waals surface area contributed by atoms with Gasteiger partial charge in [0, 0.05) is 23.0 Å². The number of carbonyl (C=O) groups excluding carboxylic acids is 2. The molecule has 3 aromatic rings. The Labute approximate surface area is 183 Å². The summed E-state index contributed by atoms with van der Waals surface area (Å²) in [7, 11) is 0. The molecule has 9 nitrogen and oxygen atoms in total. The Morgan fingerprint density at radius 1 is 1.27 bits per heavy atom. The van der Waals surface area contributed by atoms with Gasteiger partial charge in [-0.1, -0.05) is 17.8 Å². The van der Waals surface area contributed by atoms with Crippen molar-refractivity contribution in [3.05, 3.63) is 24.0 Å². The Hall–Kier alpha value is -2.43. The molecule has 0 aliphatic heterocycles. The van der Waals surface area contributed by atoms with Gasteiger partial charge in [-0.25, -0.2) is 9.97 Å². The molecule has 2 aromatic heterocycles. The maximum Gasteiger partial charge on any atom is 0.269 e. The molecule has 160 valence electrons. The number of primary amides is 1. The highest BCUT2D eigenvalue weighted by Crippen LogP contribution is 2.35. The molecule has 0 atom stereocenters. The molecule has 0 radical (unpaired) electrons. The maximum atomic E-state index is 12.0. The first kappa shape index (κ1) is 22.3. The summed E-state index contributed by atoms with van der Waals surface area (Å²) in [4.78, 5) is 32.6. The number of nitrogens with zero attached hydrogens (tertiary/aromatic N) is 4. The van der Waals surface area contributed by atoms with Crippen LogP contribution in [-0.2, 0) is 4.79 Å². The van der Waals surface area contributed by atoms with Crippen molar-refractivity contribution in [2.75, 3.05) is 12.8 Å². The van der Waals surface area contributed by atoms with Crippen LogP contribution in [0.3, 0.4) is 0 Å². The van der Waals surface area contributed by atoms with Gasteiger partial charge in [-0.3, -0.25) is 14.3 Å². The average Bonchev–Trinajstić information content (AvgIpc) is 3.14.